The molecule has 3 rings (SSSR count). The molecule has 0 bridgehead atoms. The van der Waals surface area contributed by atoms with Crippen LogP contribution in [0.2, 0.25) is 0 Å². The van der Waals surface area contributed by atoms with Crippen molar-refractivity contribution in [2.75, 3.05) is 5.73 Å². The number of nitro groups is 1. The molecule has 0 spiro atoms. The predicted octanol–water partition coefficient (Wildman–Crippen LogP) is 3.17. The molecule has 2 N–H and O–H groups in total. The number of nitrogens with two attached hydrogens (primary N) is 1. The Morgan fingerprint density at radius 3 is 2.75 bits per heavy atom. The maximum absolute atomic E-state index is 10.8. The molecule has 0 unspecified atom stereocenters. The summed E-state index contributed by atoms with van der Waals surface area (Å²) in [4.78, 5) is 15.6. The number of rotatable bonds is 2. The largest absolute Gasteiger partial charge is 0.383 e. The first-order chi connectivity index (χ1) is 9.47. The molecule has 0 atom stereocenters. The van der Waals surface area contributed by atoms with E-state index in [4.69, 9.17) is 5.73 Å². The van der Waals surface area contributed by atoms with Crippen LogP contribution in [0.4, 0.5) is 10.8 Å². The van der Waals surface area contributed by atoms with Crippen molar-refractivity contribution < 1.29 is 4.92 Å². The van der Waals surface area contributed by atoms with Gasteiger partial charge < -0.3 is 5.73 Å². The Morgan fingerprint density at radius 2 is 2.10 bits per heavy atom. The fourth-order valence-corrected chi connectivity index (χ4v) is 3.11. The number of hydrogen-bond acceptors (Lipinski definition) is 5. The van der Waals surface area contributed by atoms with E-state index in [-0.39, 0.29) is 5.00 Å². The number of aryl methyl sites for hydroxylation is 2. The van der Waals surface area contributed by atoms with Crippen LogP contribution in [-0.2, 0) is 0 Å². The van der Waals surface area contributed by atoms with E-state index in [1.54, 1.807) is 6.07 Å². The number of fused-ring (bicyclic) bond motifs is 1. The normalized spacial score (nSPS) is 11.1. The molecule has 0 aliphatic carbocycles. The third kappa shape index (κ3) is 1.83. The van der Waals surface area contributed by atoms with Crippen molar-refractivity contribution in [3.8, 4) is 10.6 Å². The molecule has 0 aliphatic heterocycles. The third-order valence-corrected chi connectivity index (χ3v) is 4.13. The van der Waals surface area contributed by atoms with Gasteiger partial charge in [0, 0.05) is 11.8 Å². The SMILES string of the molecule is Cc1cc(C)n2c(N)c(-c3ccc([N+](=O)[O-])s3)nc2c1. The van der Waals surface area contributed by atoms with Gasteiger partial charge in [0.25, 0.3) is 0 Å². The summed E-state index contributed by atoms with van der Waals surface area (Å²) in [6.07, 6.45) is 0. The molecule has 0 amide bonds. The Morgan fingerprint density at radius 1 is 1.35 bits per heavy atom. The minimum atomic E-state index is -0.407. The van der Waals surface area contributed by atoms with Crippen LogP contribution < -0.4 is 5.73 Å². The Bertz CT molecular complexity index is 834. The van der Waals surface area contributed by atoms with Crippen LogP contribution in [0, 0.1) is 24.0 Å². The fraction of sp³-hybridized carbons (Fsp3) is 0.154. The summed E-state index contributed by atoms with van der Waals surface area (Å²) in [6, 6.07) is 7.12. The molecule has 3 heterocycles. The lowest BCUT2D eigenvalue weighted by atomic mass is 10.2. The summed E-state index contributed by atoms with van der Waals surface area (Å²) in [7, 11) is 0. The maximum Gasteiger partial charge on any atom is 0.324 e. The van der Waals surface area contributed by atoms with Gasteiger partial charge in [0.15, 0.2) is 0 Å². The van der Waals surface area contributed by atoms with E-state index in [0.29, 0.717) is 16.4 Å². The van der Waals surface area contributed by atoms with Gasteiger partial charge in [-0.25, -0.2) is 4.98 Å². The molecular formula is C13H12N4O2S. The number of nitrogens with zero attached hydrogens (tertiary/aromatic N) is 3. The van der Waals surface area contributed by atoms with E-state index in [1.807, 2.05) is 30.4 Å². The number of anilines is 1. The van der Waals surface area contributed by atoms with E-state index in [2.05, 4.69) is 4.98 Å². The first-order valence-corrected chi connectivity index (χ1v) is 6.79. The van der Waals surface area contributed by atoms with Gasteiger partial charge in [-0.05, 0) is 37.6 Å². The van der Waals surface area contributed by atoms with Gasteiger partial charge in [-0.15, -0.1) is 0 Å². The number of hydrogen-bond donors (Lipinski definition) is 1. The number of pyridine rings is 1. The van der Waals surface area contributed by atoms with Crippen molar-refractivity contribution in [3.05, 3.63) is 45.6 Å². The maximum atomic E-state index is 10.8. The number of imidazole rings is 1. The topological polar surface area (TPSA) is 86.5 Å². The molecule has 20 heavy (non-hydrogen) atoms. The second-order valence-electron chi connectivity index (χ2n) is 4.61. The number of thiophene rings is 1. The van der Waals surface area contributed by atoms with Crippen LogP contribution in [0.3, 0.4) is 0 Å². The van der Waals surface area contributed by atoms with Crippen molar-refractivity contribution in [2.45, 2.75) is 13.8 Å². The van der Waals surface area contributed by atoms with Crippen LogP contribution >= 0.6 is 11.3 Å². The van der Waals surface area contributed by atoms with Gasteiger partial charge in [0.1, 0.15) is 17.2 Å². The molecule has 3 aromatic rings. The second kappa shape index (κ2) is 4.31. The number of aromatic nitrogens is 2. The summed E-state index contributed by atoms with van der Waals surface area (Å²) in [5.74, 6) is 0.509. The Labute approximate surface area is 118 Å². The number of nitrogen functional groups attached to an aromatic ring is 1. The van der Waals surface area contributed by atoms with Gasteiger partial charge in [-0.1, -0.05) is 11.3 Å². The Hall–Kier alpha value is -2.41. The van der Waals surface area contributed by atoms with Crippen molar-refractivity contribution in [1.29, 1.82) is 0 Å². The van der Waals surface area contributed by atoms with E-state index in [9.17, 15) is 10.1 Å². The van der Waals surface area contributed by atoms with Crippen LogP contribution in [0.5, 0.6) is 0 Å². The highest BCUT2D eigenvalue weighted by Gasteiger charge is 2.18. The minimum absolute atomic E-state index is 0.0874. The summed E-state index contributed by atoms with van der Waals surface area (Å²) in [6.45, 7) is 3.95. The first-order valence-electron chi connectivity index (χ1n) is 5.97. The molecule has 0 fully saturated rings. The average Bonchev–Trinajstić information content (AvgIpc) is 2.93. The second-order valence-corrected chi connectivity index (χ2v) is 5.67. The predicted molar refractivity (Wildman–Crippen MR) is 79.0 cm³/mol. The van der Waals surface area contributed by atoms with E-state index >= 15 is 0 Å². The van der Waals surface area contributed by atoms with E-state index in [1.165, 1.54) is 6.07 Å². The molecular weight excluding hydrogens is 276 g/mol. The van der Waals surface area contributed by atoms with Gasteiger partial charge in [0.05, 0.1) is 9.80 Å². The fourth-order valence-electron chi connectivity index (χ4n) is 2.29. The first kappa shape index (κ1) is 12.6. The zero-order valence-electron chi connectivity index (χ0n) is 11.0. The third-order valence-electron chi connectivity index (χ3n) is 3.09. The van der Waals surface area contributed by atoms with Crippen molar-refractivity contribution >= 4 is 27.8 Å². The van der Waals surface area contributed by atoms with Crippen LogP contribution in [0.15, 0.2) is 24.3 Å². The lowest BCUT2D eigenvalue weighted by Crippen LogP contribution is -1.98. The summed E-state index contributed by atoms with van der Waals surface area (Å²) >= 11 is 1.08. The van der Waals surface area contributed by atoms with Crippen molar-refractivity contribution in [1.82, 2.24) is 9.38 Å². The van der Waals surface area contributed by atoms with E-state index in [0.717, 1.165) is 28.2 Å². The van der Waals surface area contributed by atoms with Crippen LogP contribution in [0.25, 0.3) is 16.2 Å². The summed E-state index contributed by atoms with van der Waals surface area (Å²) < 4.78 is 1.86. The summed E-state index contributed by atoms with van der Waals surface area (Å²) in [5.41, 5.74) is 9.58. The molecule has 6 nitrogen and oxygen atoms in total. The monoisotopic (exact) mass is 288 g/mol. The van der Waals surface area contributed by atoms with E-state index < -0.39 is 4.92 Å². The quantitative estimate of drug-likeness (QED) is 0.579. The van der Waals surface area contributed by atoms with Gasteiger partial charge in [-0.2, -0.15) is 0 Å². The van der Waals surface area contributed by atoms with Gasteiger partial charge >= 0.3 is 5.00 Å². The van der Waals surface area contributed by atoms with Crippen molar-refractivity contribution in [2.24, 2.45) is 0 Å². The average molecular weight is 288 g/mol. The highest BCUT2D eigenvalue weighted by atomic mass is 32.1. The molecule has 102 valence electrons. The molecule has 0 saturated heterocycles. The lowest BCUT2D eigenvalue weighted by molar-refractivity contribution is -0.380. The summed E-state index contributed by atoms with van der Waals surface area (Å²) in [5, 5.41) is 10.8. The van der Waals surface area contributed by atoms with Gasteiger partial charge in [-0.3, -0.25) is 14.5 Å². The molecule has 0 aliphatic rings. The highest BCUT2D eigenvalue weighted by molar-refractivity contribution is 7.18. The van der Waals surface area contributed by atoms with Crippen molar-refractivity contribution in [3.63, 3.8) is 0 Å². The highest BCUT2D eigenvalue weighted by Crippen LogP contribution is 2.36. The van der Waals surface area contributed by atoms with Crippen LogP contribution in [-0.4, -0.2) is 14.3 Å². The molecule has 0 aromatic carbocycles. The Kier molecular flexibility index (Phi) is 2.72. The lowest BCUT2D eigenvalue weighted by Gasteiger charge is -2.03. The smallest absolute Gasteiger partial charge is 0.324 e. The zero-order valence-corrected chi connectivity index (χ0v) is 11.8. The minimum Gasteiger partial charge on any atom is -0.383 e. The standard InChI is InChI=1S/C13H12N4O2S/c1-7-5-8(2)16-10(6-7)15-12(13(16)14)9-3-4-11(20-9)17(18)19/h3-6H,14H2,1-2H3. The molecule has 7 heteroatoms. The zero-order chi connectivity index (χ0) is 14.4. The van der Waals surface area contributed by atoms with Gasteiger partial charge in [0.2, 0.25) is 0 Å². The molecule has 0 radical (unpaired) electrons. The molecule has 3 aromatic heterocycles. The molecule has 0 saturated carbocycles. The van der Waals surface area contributed by atoms with Crippen LogP contribution in [0.1, 0.15) is 11.3 Å². The Balaban J connectivity index is 2.23.